The van der Waals surface area contributed by atoms with Crippen LogP contribution in [-0.4, -0.2) is 52.1 Å². The molecule has 0 spiro atoms. The second-order valence-electron chi connectivity index (χ2n) is 7.38. The number of nitrogens with zero attached hydrogens (tertiary/aromatic N) is 4. The number of carbonyl (C=O) groups is 1. The Balaban J connectivity index is 1.47. The molecule has 0 amide bonds. The minimum atomic E-state index is -0.766. The van der Waals surface area contributed by atoms with Crippen molar-refractivity contribution in [2.45, 2.75) is 26.3 Å². The van der Waals surface area contributed by atoms with Gasteiger partial charge in [0, 0.05) is 50.9 Å². The normalized spacial score (nSPS) is 25.6. The van der Waals surface area contributed by atoms with Gasteiger partial charge < -0.3 is 14.4 Å². The van der Waals surface area contributed by atoms with E-state index < -0.39 is 11.4 Å². The standard InChI is InChI=1S/C19H24N4O3/c1-2-4-15-5-6-16(26-15)11-22-9-14-10-23(18-20-7-3-8-21-18)13-19(14,12-22)17(24)25/h3,5-8,14H,2,4,9-13H2,1H3,(H,24,25)/t14-,19-/m1/s1. The Morgan fingerprint density at radius 1 is 1.27 bits per heavy atom. The van der Waals surface area contributed by atoms with Gasteiger partial charge in [0.15, 0.2) is 0 Å². The molecule has 0 unspecified atom stereocenters. The van der Waals surface area contributed by atoms with Gasteiger partial charge in [0.1, 0.15) is 16.9 Å². The summed E-state index contributed by atoms with van der Waals surface area (Å²) >= 11 is 0. The number of furan rings is 1. The van der Waals surface area contributed by atoms with Crippen molar-refractivity contribution in [2.24, 2.45) is 11.3 Å². The lowest BCUT2D eigenvalue weighted by atomic mass is 9.81. The average molecular weight is 356 g/mol. The molecule has 2 aromatic heterocycles. The highest BCUT2D eigenvalue weighted by atomic mass is 16.4. The number of aliphatic carboxylic acids is 1. The lowest BCUT2D eigenvalue weighted by Crippen LogP contribution is -2.41. The molecule has 7 heteroatoms. The van der Waals surface area contributed by atoms with Crippen LogP contribution >= 0.6 is 0 Å². The first kappa shape index (κ1) is 17.0. The maximum atomic E-state index is 12.2. The van der Waals surface area contributed by atoms with E-state index in [1.165, 1.54) is 0 Å². The van der Waals surface area contributed by atoms with Gasteiger partial charge in [0.25, 0.3) is 0 Å². The van der Waals surface area contributed by atoms with Crippen LogP contribution in [0.2, 0.25) is 0 Å². The molecule has 2 aliphatic heterocycles. The maximum Gasteiger partial charge on any atom is 0.313 e. The minimum absolute atomic E-state index is 0.0638. The molecule has 2 aliphatic rings. The Hall–Kier alpha value is -2.41. The number of carboxylic acid groups (broad SMARTS) is 1. The molecule has 7 nitrogen and oxygen atoms in total. The molecule has 138 valence electrons. The van der Waals surface area contributed by atoms with Crippen LogP contribution < -0.4 is 4.90 Å². The molecule has 1 N–H and O–H groups in total. The first-order valence-corrected chi connectivity index (χ1v) is 9.16. The zero-order valence-electron chi connectivity index (χ0n) is 15.0. The van der Waals surface area contributed by atoms with Crippen LogP contribution in [0.4, 0.5) is 5.95 Å². The predicted molar refractivity (Wildman–Crippen MR) is 95.8 cm³/mol. The van der Waals surface area contributed by atoms with Crippen LogP contribution in [0.25, 0.3) is 0 Å². The number of aromatic nitrogens is 2. The van der Waals surface area contributed by atoms with Crippen LogP contribution in [0.5, 0.6) is 0 Å². The first-order valence-electron chi connectivity index (χ1n) is 9.16. The lowest BCUT2D eigenvalue weighted by molar-refractivity contribution is -0.148. The molecular weight excluding hydrogens is 332 g/mol. The summed E-state index contributed by atoms with van der Waals surface area (Å²) in [6.07, 6.45) is 5.38. The average Bonchev–Trinajstić information content (AvgIpc) is 3.29. The SMILES string of the molecule is CCCc1ccc(CN2C[C@@H]3CN(c4ncccn4)C[C@]3(C(=O)O)C2)o1. The number of fused-ring (bicyclic) bond motifs is 1. The van der Waals surface area contributed by atoms with Gasteiger partial charge in [-0.15, -0.1) is 0 Å². The number of hydrogen-bond donors (Lipinski definition) is 1. The minimum Gasteiger partial charge on any atom is -0.481 e. The molecular formula is C19H24N4O3. The smallest absolute Gasteiger partial charge is 0.313 e. The third-order valence-corrected chi connectivity index (χ3v) is 5.53. The van der Waals surface area contributed by atoms with E-state index >= 15 is 0 Å². The number of likely N-dealkylation sites (tertiary alicyclic amines) is 1. The van der Waals surface area contributed by atoms with Crippen molar-refractivity contribution in [3.8, 4) is 0 Å². The second-order valence-corrected chi connectivity index (χ2v) is 7.38. The van der Waals surface area contributed by atoms with Crippen LogP contribution in [-0.2, 0) is 17.8 Å². The fourth-order valence-corrected chi connectivity index (χ4v) is 4.31. The van der Waals surface area contributed by atoms with Crippen molar-refractivity contribution >= 4 is 11.9 Å². The highest BCUT2D eigenvalue weighted by molar-refractivity contribution is 5.78. The fourth-order valence-electron chi connectivity index (χ4n) is 4.31. The molecule has 4 heterocycles. The Morgan fingerprint density at radius 2 is 2.04 bits per heavy atom. The molecule has 0 aliphatic carbocycles. The van der Waals surface area contributed by atoms with Gasteiger partial charge in [-0.2, -0.15) is 0 Å². The number of rotatable bonds is 6. The molecule has 0 aromatic carbocycles. The van der Waals surface area contributed by atoms with Crippen LogP contribution in [0.3, 0.4) is 0 Å². The largest absolute Gasteiger partial charge is 0.481 e. The van der Waals surface area contributed by atoms with Gasteiger partial charge in [0.2, 0.25) is 5.95 Å². The van der Waals surface area contributed by atoms with Crippen molar-refractivity contribution in [2.75, 3.05) is 31.1 Å². The van der Waals surface area contributed by atoms with Gasteiger partial charge in [-0.25, -0.2) is 9.97 Å². The van der Waals surface area contributed by atoms with E-state index in [4.69, 9.17) is 4.42 Å². The second kappa shape index (κ2) is 6.72. The first-order chi connectivity index (χ1) is 12.6. The molecule has 0 bridgehead atoms. The summed E-state index contributed by atoms with van der Waals surface area (Å²) in [6, 6.07) is 5.80. The van der Waals surface area contributed by atoms with Gasteiger partial charge >= 0.3 is 5.97 Å². The third kappa shape index (κ3) is 2.96. The van der Waals surface area contributed by atoms with Crippen LogP contribution in [0, 0.1) is 11.3 Å². The highest BCUT2D eigenvalue weighted by Crippen LogP contribution is 2.44. The van der Waals surface area contributed by atoms with Gasteiger partial charge in [-0.05, 0) is 24.6 Å². The van der Waals surface area contributed by atoms with Gasteiger partial charge in [0.05, 0.1) is 6.54 Å². The molecule has 0 radical (unpaired) electrons. The van der Waals surface area contributed by atoms with E-state index in [2.05, 4.69) is 21.8 Å². The topological polar surface area (TPSA) is 82.7 Å². The zero-order valence-corrected chi connectivity index (χ0v) is 15.0. The van der Waals surface area contributed by atoms with E-state index in [0.717, 1.165) is 30.9 Å². The molecule has 0 saturated carbocycles. The monoisotopic (exact) mass is 356 g/mol. The number of carboxylic acids is 1. The number of hydrogen-bond acceptors (Lipinski definition) is 6. The summed E-state index contributed by atoms with van der Waals surface area (Å²) in [5.41, 5.74) is -0.766. The summed E-state index contributed by atoms with van der Waals surface area (Å²) < 4.78 is 5.87. The van der Waals surface area contributed by atoms with Crippen molar-refractivity contribution < 1.29 is 14.3 Å². The molecule has 26 heavy (non-hydrogen) atoms. The Bertz CT molecular complexity index is 778. The summed E-state index contributed by atoms with van der Waals surface area (Å²) in [6.45, 7) is 5.19. The van der Waals surface area contributed by atoms with E-state index in [-0.39, 0.29) is 5.92 Å². The van der Waals surface area contributed by atoms with Gasteiger partial charge in [-0.3, -0.25) is 9.69 Å². The summed E-state index contributed by atoms with van der Waals surface area (Å²) in [5.74, 6) is 1.87. The van der Waals surface area contributed by atoms with E-state index in [0.29, 0.717) is 32.1 Å². The maximum absolute atomic E-state index is 12.2. The Labute approximate surface area is 152 Å². The number of aryl methyl sites for hydroxylation is 1. The summed E-state index contributed by atoms with van der Waals surface area (Å²) in [5, 5.41) is 9.98. The third-order valence-electron chi connectivity index (χ3n) is 5.53. The van der Waals surface area contributed by atoms with Crippen molar-refractivity contribution in [3.63, 3.8) is 0 Å². The van der Waals surface area contributed by atoms with Gasteiger partial charge in [-0.1, -0.05) is 6.92 Å². The predicted octanol–water partition coefficient (Wildman–Crippen LogP) is 2.05. The summed E-state index contributed by atoms with van der Waals surface area (Å²) in [4.78, 5) is 24.9. The quantitative estimate of drug-likeness (QED) is 0.848. The number of anilines is 1. The Kier molecular flexibility index (Phi) is 4.40. The molecule has 2 saturated heterocycles. The lowest BCUT2D eigenvalue weighted by Gasteiger charge is -2.25. The van der Waals surface area contributed by atoms with Crippen LogP contribution in [0.1, 0.15) is 24.9 Å². The zero-order chi connectivity index (χ0) is 18.1. The van der Waals surface area contributed by atoms with Crippen molar-refractivity contribution in [1.29, 1.82) is 0 Å². The fraction of sp³-hybridized carbons (Fsp3) is 0.526. The Morgan fingerprint density at radius 3 is 2.73 bits per heavy atom. The van der Waals surface area contributed by atoms with Crippen molar-refractivity contribution in [3.05, 3.63) is 42.1 Å². The van der Waals surface area contributed by atoms with E-state index in [1.807, 2.05) is 17.0 Å². The molecule has 2 fully saturated rings. The highest BCUT2D eigenvalue weighted by Gasteiger charge is 2.58. The molecule has 4 rings (SSSR count). The molecule has 2 atom stereocenters. The van der Waals surface area contributed by atoms with E-state index in [1.54, 1.807) is 18.5 Å². The van der Waals surface area contributed by atoms with Crippen molar-refractivity contribution in [1.82, 2.24) is 14.9 Å². The summed E-state index contributed by atoms with van der Waals surface area (Å²) in [7, 11) is 0. The molecule has 2 aromatic rings. The van der Waals surface area contributed by atoms with E-state index in [9.17, 15) is 9.90 Å². The van der Waals surface area contributed by atoms with Crippen LogP contribution in [0.15, 0.2) is 35.0 Å².